The summed E-state index contributed by atoms with van der Waals surface area (Å²) in [4.78, 5) is 1.31. The Bertz CT molecular complexity index is 281. The van der Waals surface area contributed by atoms with E-state index in [1.54, 1.807) is 0 Å². The van der Waals surface area contributed by atoms with E-state index < -0.39 is 0 Å². The standard InChI is InChI=1S/C11H15NS/c12-10-2-1-3-11(8-10)13-7-6-9-4-5-9/h1-3,8-9H,4-7,12H2. The first kappa shape index (κ1) is 8.95. The molecule has 0 unspecified atom stereocenters. The Morgan fingerprint density at radius 2 is 2.23 bits per heavy atom. The van der Waals surface area contributed by atoms with Crippen molar-refractivity contribution < 1.29 is 0 Å². The van der Waals surface area contributed by atoms with Crippen LogP contribution >= 0.6 is 11.8 Å². The Morgan fingerprint density at radius 3 is 2.92 bits per heavy atom. The van der Waals surface area contributed by atoms with Gasteiger partial charge in [0.1, 0.15) is 0 Å². The van der Waals surface area contributed by atoms with Crippen molar-refractivity contribution in [2.24, 2.45) is 5.92 Å². The van der Waals surface area contributed by atoms with Crippen molar-refractivity contribution in [1.82, 2.24) is 0 Å². The summed E-state index contributed by atoms with van der Waals surface area (Å²) in [5.41, 5.74) is 6.56. The first-order valence-corrected chi connectivity index (χ1v) is 5.81. The van der Waals surface area contributed by atoms with E-state index in [1.807, 2.05) is 23.9 Å². The van der Waals surface area contributed by atoms with Crippen LogP contribution in [0, 0.1) is 5.92 Å². The van der Waals surface area contributed by atoms with E-state index in [0.717, 1.165) is 11.6 Å². The molecular weight excluding hydrogens is 178 g/mol. The smallest absolute Gasteiger partial charge is 0.0325 e. The van der Waals surface area contributed by atoms with Crippen molar-refractivity contribution in [3.63, 3.8) is 0 Å². The zero-order chi connectivity index (χ0) is 9.10. The maximum Gasteiger partial charge on any atom is 0.0325 e. The predicted molar refractivity (Wildman–Crippen MR) is 58.9 cm³/mol. The summed E-state index contributed by atoms with van der Waals surface area (Å²) in [6, 6.07) is 8.14. The van der Waals surface area contributed by atoms with Gasteiger partial charge in [-0.25, -0.2) is 0 Å². The highest BCUT2D eigenvalue weighted by Crippen LogP contribution is 2.34. The van der Waals surface area contributed by atoms with Crippen LogP contribution in [0.3, 0.4) is 0 Å². The Balaban J connectivity index is 1.79. The van der Waals surface area contributed by atoms with Gasteiger partial charge in [-0.3, -0.25) is 0 Å². The molecule has 0 atom stereocenters. The van der Waals surface area contributed by atoms with Crippen molar-refractivity contribution in [2.75, 3.05) is 11.5 Å². The molecule has 0 saturated heterocycles. The van der Waals surface area contributed by atoms with Crippen molar-refractivity contribution in [2.45, 2.75) is 24.2 Å². The lowest BCUT2D eigenvalue weighted by Crippen LogP contribution is -1.85. The molecule has 0 aromatic heterocycles. The molecule has 2 rings (SSSR count). The molecule has 0 bridgehead atoms. The fourth-order valence-corrected chi connectivity index (χ4v) is 2.44. The van der Waals surface area contributed by atoms with Crippen LogP contribution in [-0.2, 0) is 0 Å². The SMILES string of the molecule is Nc1cccc(SCCC2CC2)c1. The van der Waals surface area contributed by atoms with Crippen LogP contribution in [0.2, 0.25) is 0 Å². The van der Waals surface area contributed by atoms with E-state index in [9.17, 15) is 0 Å². The van der Waals surface area contributed by atoms with E-state index >= 15 is 0 Å². The van der Waals surface area contributed by atoms with E-state index in [4.69, 9.17) is 5.73 Å². The number of thioether (sulfide) groups is 1. The van der Waals surface area contributed by atoms with Crippen LogP contribution in [-0.4, -0.2) is 5.75 Å². The highest BCUT2D eigenvalue weighted by atomic mass is 32.2. The van der Waals surface area contributed by atoms with Crippen LogP contribution in [0.5, 0.6) is 0 Å². The fraction of sp³-hybridized carbons (Fsp3) is 0.455. The van der Waals surface area contributed by atoms with Crippen molar-refractivity contribution >= 4 is 17.4 Å². The predicted octanol–water partition coefficient (Wildman–Crippen LogP) is 3.16. The Kier molecular flexibility index (Phi) is 2.79. The lowest BCUT2D eigenvalue weighted by atomic mass is 10.3. The highest BCUT2D eigenvalue weighted by molar-refractivity contribution is 7.99. The van der Waals surface area contributed by atoms with Crippen molar-refractivity contribution in [3.05, 3.63) is 24.3 Å². The van der Waals surface area contributed by atoms with Gasteiger partial charge in [0.2, 0.25) is 0 Å². The van der Waals surface area contributed by atoms with E-state index in [0.29, 0.717) is 0 Å². The van der Waals surface area contributed by atoms with Gasteiger partial charge in [-0.2, -0.15) is 0 Å². The summed E-state index contributed by atoms with van der Waals surface area (Å²) < 4.78 is 0. The van der Waals surface area contributed by atoms with E-state index in [1.165, 1.54) is 29.9 Å². The minimum absolute atomic E-state index is 0.872. The van der Waals surface area contributed by atoms with Crippen molar-refractivity contribution in [3.8, 4) is 0 Å². The largest absolute Gasteiger partial charge is 0.399 e. The first-order valence-electron chi connectivity index (χ1n) is 4.83. The number of nitrogens with two attached hydrogens (primary N) is 1. The molecule has 1 aliphatic carbocycles. The molecule has 1 saturated carbocycles. The zero-order valence-electron chi connectivity index (χ0n) is 7.70. The molecule has 70 valence electrons. The fourth-order valence-electron chi connectivity index (χ4n) is 1.35. The van der Waals surface area contributed by atoms with Gasteiger partial charge >= 0.3 is 0 Å². The maximum absolute atomic E-state index is 5.69. The number of hydrogen-bond donors (Lipinski definition) is 1. The molecule has 0 heterocycles. The van der Waals surface area contributed by atoms with Gasteiger partial charge in [-0.05, 0) is 36.3 Å². The first-order chi connectivity index (χ1) is 6.34. The molecular formula is C11H15NS. The second kappa shape index (κ2) is 4.05. The zero-order valence-corrected chi connectivity index (χ0v) is 8.52. The lowest BCUT2D eigenvalue weighted by molar-refractivity contribution is 0.809. The van der Waals surface area contributed by atoms with Crippen LogP contribution < -0.4 is 5.73 Å². The van der Waals surface area contributed by atoms with Gasteiger partial charge in [0.05, 0.1) is 0 Å². The van der Waals surface area contributed by atoms with Crippen molar-refractivity contribution in [1.29, 1.82) is 0 Å². The summed E-state index contributed by atoms with van der Waals surface area (Å²) in [6.45, 7) is 0. The van der Waals surface area contributed by atoms with Gasteiger partial charge in [0.25, 0.3) is 0 Å². The van der Waals surface area contributed by atoms with E-state index in [-0.39, 0.29) is 0 Å². The van der Waals surface area contributed by atoms with Crippen LogP contribution in [0.1, 0.15) is 19.3 Å². The third kappa shape index (κ3) is 2.96. The van der Waals surface area contributed by atoms with Gasteiger partial charge < -0.3 is 5.73 Å². The molecule has 2 N–H and O–H groups in total. The maximum atomic E-state index is 5.69. The molecule has 1 aromatic carbocycles. The molecule has 0 aliphatic heterocycles. The summed E-state index contributed by atoms with van der Waals surface area (Å²) in [7, 11) is 0. The van der Waals surface area contributed by atoms with Gasteiger partial charge in [0.15, 0.2) is 0 Å². The van der Waals surface area contributed by atoms with Crippen LogP contribution in [0.4, 0.5) is 5.69 Å². The van der Waals surface area contributed by atoms with Gasteiger partial charge in [-0.1, -0.05) is 18.9 Å². The highest BCUT2D eigenvalue weighted by Gasteiger charge is 2.20. The second-order valence-corrected chi connectivity index (χ2v) is 4.82. The van der Waals surface area contributed by atoms with Crippen LogP contribution in [0.15, 0.2) is 29.2 Å². The van der Waals surface area contributed by atoms with Gasteiger partial charge in [-0.15, -0.1) is 11.8 Å². The summed E-state index contributed by atoms with van der Waals surface area (Å²) in [5, 5.41) is 0. The molecule has 1 fully saturated rings. The molecule has 0 amide bonds. The minimum Gasteiger partial charge on any atom is -0.399 e. The number of anilines is 1. The average molecular weight is 193 g/mol. The molecule has 1 aromatic rings. The number of nitrogen functional groups attached to an aromatic ring is 1. The average Bonchev–Trinajstić information content (AvgIpc) is 2.88. The third-order valence-corrected chi connectivity index (χ3v) is 3.38. The van der Waals surface area contributed by atoms with Crippen LogP contribution in [0.25, 0.3) is 0 Å². The molecule has 0 radical (unpaired) electrons. The number of rotatable bonds is 4. The Hall–Kier alpha value is -0.630. The molecule has 13 heavy (non-hydrogen) atoms. The van der Waals surface area contributed by atoms with Gasteiger partial charge in [0, 0.05) is 10.6 Å². The van der Waals surface area contributed by atoms with E-state index in [2.05, 4.69) is 12.1 Å². The summed E-state index contributed by atoms with van der Waals surface area (Å²) in [6.07, 6.45) is 4.29. The minimum atomic E-state index is 0.872. The monoisotopic (exact) mass is 193 g/mol. The number of benzene rings is 1. The molecule has 1 aliphatic rings. The molecule has 0 spiro atoms. The topological polar surface area (TPSA) is 26.0 Å². The lowest BCUT2D eigenvalue weighted by Gasteiger charge is -2.01. The molecule has 1 nitrogen and oxygen atoms in total. The molecule has 2 heteroatoms. The Labute approximate surface area is 83.7 Å². The summed E-state index contributed by atoms with van der Waals surface area (Å²) in [5.74, 6) is 2.28. The Morgan fingerprint density at radius 1 is 1.38 bits per heavy atom. The second-order valence-electron chi connectivity index (χ2n) is 3.65. The summed E-state index contributed by atoms with van der Waals surface area (Å²) >= 11 is 1.92. The third-order valence-electron chi connectivity index (χ3n) is 2.35. The number of hydrogen-bond acceptors (Lipinski definition) is 2. The normalized spacial score (nSPS) is 16.0. The quantitative estimate of drug-likeness (QED) is 0.587.